The van der Waals surface area contributed by atoms with E-state index in [2.05, 4.69) is 163 Å². The van der Waals surface area contributed by atoms with E-state index in [-0.39, 0.29) is 64.3 Å². The maximum atomic E-state index is 13.5. The topological polar surface area (TPSA) is 235 Å². The van der Waals surface area contributed by atoms with Gasteiger partial charge in [-0.1, -0.05) is 260 Å². The van der Waals surface area contributed by atoms with Gasteiger partial charge in [-0.2, -0.15) is 0 Å². The highest BCUT2D eigenvalue weighted by atomic mass is 32.2. The molecule has 1 saturated heterocycles. The minimum atomic E-state index is -4.69. The van der Waals surface area contributed by atoms with E-state index >= 15 is 0 Å². The zero-order chi connectivity index (χ0) is 88.0. The Balaban J connectivity index is 0.000000155. The fourth-order valence-electron chi connectivity index (χ4n) is 13.9. The van der Waals surface area contributed by atoms with Crippen molar-refractivity contribution in [2.75, 3.05) is 47.3 Å². The van der Waals surface area contributed by atoms with Crippen LogP contribution in [0.3, 0.4) is 0 Å². The standard InChI is InChI=1S/C29H29NO5S.C23H24O3.C22H23NO5S.C18H15S.C12H15OS/c1-3-21(2)23-15-17-24(18-16-23)35-20-29(31)30(19-22-9-5-4-6-10-22)27-13-7-12-26-25(27)11-8-14-28(26)36(32,33)34;1-4-16(2)18-9-6-10-19(14-18)26-23(24)15-25-22-13-7-11-20-17(3)8-5-12-21(20)22;1-3-15(2)17-5-4-6-20(12-17)28-14-22(24)23-19-9-7-16-8-10-21(29(25,26)27)13-18(16)11-19;1-4-10-16(11-5-1)19(17-12-6-2-7-13-17)18-14-8-3-9-15-18;13-12(10-14-8-4-5-9-14)11-6-2-1-3-7-11/h4-18,21H,3,19-20H2,1-2H3,(H,32,33,34);5-14,16H,4,15H2,1-3H3;4-13,15H,3,14H2,1-2H3,(H,23,24)(H,25,26,27);1-15H;1-3,6-7H,4-5,8-10H2/q;;;2*+1/p-2. The second-order valence-electron chi connectivity index (χ2n) is 30.1. The number of ether oxygens (including phenoxy) is 4. The summed E-state index contributed by atoms with van der Waals surface area (Å²) < 4.78 is 91.7. The molecule has 638 valence electrons. The lowest BCUT2D eigenvalue weighted by Crippen LogP contribution is -2.34. The van der Waals surface area contributed by atoms with Crippen LogP contribution in [0.1, 0.15) is 130 Å². The van der Waals surface area contributed by atoms with E-state index in [4.69, 9.17) is 18.9 Å². The zero-order valence-corrected chi connectivity index (χ0v) is 74.0. The maximum Gasteiger partial charge on any atom is 0.349 e. The molecule has 0 radical (unpaired) electrons. The van der Waals surface area contributed by atoms with Gasteiger partial charge in [-0.3, -0.25) is 14.4 Å². The molecular formula is C104H104N2O14S4. The van der Waals surface area contributed by atoms with Crippen LogP contribution >= 0.6 is 0 Å². The molecule has 0 bridgehead atoms. The fourth-order valence-corrected chi connectivity index (χ4v) is 19.5. The van der Waals surface area contributed by atoms with Gasteiger partial charge in [-0.05, 0) is 227 Å². The first-order chi connectivity index (χ1) is 59.9. The number of carbonyl (C=O) groups is 4. The number of ketones is 1. The molecule has 14 aromatic carbocycles. The smallest absolute Gasteiger partial charge is 0.349 e. The van der Waals surface area contributed by atoms with Crippen molar-refractivity contribution >= 4 is 109 Å². The molecule has 3 unspecified atom stereocenters. The predicted molar refractivity (Wildman–Crippen MR) is 500 cm³/mol. The molecule has 15 rings (SSSR count). The number of anilines is 2. The number of hydrogen-bond acceptors (Lipinski definition) is 14. The number of amides is 2. The summed E-state index contributed by atoms with van der Waals surface area (Å²) in [5.74, 6) is 6.37. The summed E-state index contributed by atoms with van der Waals surface area (Å²) in [5.41, 5.74) is 7.48. The van der Waals surface area contributed by atoms with Gasteiger partial charge in [0.25, 0.3) is 11.8 Å². The molecule has 1 heterocycles. The van der Waals surface area contributed by atoms with E-state index in [0.29, 0.717) is 79.6 Å². The van der Waals surface area contributed by atoms with Crippen LogP contribution in [0, 0.1) is 6.92 Å². The van der Waals surface area contributed by atoms with Crippen LogP contribution in [0.15, 0.2) is 358 Å². The molecule has 3 atom stereocenters. The van der Waals surface area contributed by atoms with Crippen molar-refractivity contribution in [1.82, 2.24) is 0 Å². The van der Waals surface area contributed by atoms with Gasteiger partial charge in [0.15, 0.2) is 40.3 Å². The normalized spacial score (nSPS) is 12.6. The number of fused-ring (bicyclic) bond motifs is 3. The largest absolute Gasteiger partial charge is 0.744 e. The fraction of sp³-hybridized carbons (Fsp3) is 0.212. The Kier molecular flexibility index (Phi) is 34.2. The van der Waals surface area contributed by atoms with Crippen molar-refractivity contribution in [2.45, 2.75) is 129 Å². The number of esters is 1. The summed E-state index contributed by atoms with van der Waals surface area (Å²) in [7, 11) is -8.85. The minimum absolute atomic E-state index is 0.0146. The molecule has 2 amide bonds. The number of benzene rings is 14. The first-order valence-electron chi connectivity index (χ1n) is 41.5. The van der Waals surface area contributed by atoms with Gasteiger partial charge >= 0.3 is 5.97 Å². The molecule has 1 aliphatic heterocycles. The highest BCUT2D eigenvalue weighted by molar-refractivity contribution is 7.97. The number of nitrogens with one attached hydrogen (secondary N) is 1. The lowest BCUT2D eigenvalue weighted by atomic mass is 9.99. The van der Waals surface area contributed by atoms with Gasteiger partial charge in [0, 0.05) is 27.4 Å². The lowest BCUT2D eigenvalue weighted by molar-refractivity contribution is -0.136. The molecule has 1 fully saturated rings. The number of Topliss-reactive ketones (excluding diaryl/α,β-unsaturated/α-hetero) is 1. The quantitative estimate of drug-likeness (QED) is 0.0158. The van der Waals surface area contributed by atoms with Crippen LogP contribution in [0.25, 0.3) is 32.3 Å². The van der Waals surface area contributed by atoms with Gasteiger partial charge in [0.1, 0.15) is 54.7 Å². The molecule has 1 aliphatic rings. The maximum absolute atomic E-state index is 13.5. The Morgan fingerprint density at radius 3 is 1.55 bits per heavy atom. The highest BCUT2D eigenvalue weighted by Crippen LogP contribution is 2.36. The number of nitrogens with zero attached hydrogens (tertiary/aromatic N) is 1. The van der Waals surface area contributed by atoms with Crippen LogP contribution < -0.4 is 29.2 Å². The Labute approximate surface area is 734 Å². The van der Waals surface area contributed by atoms with Crippen LogP contribution in [-0.4, -0.2) is 86.6 Å². The second kappa shape index (κ2) is 45.8. The highest BCUT2D eigenvalue weighted by Gasteiger charge is 2.30. The zero-order valence-electron chi connectivity index (χ0n) is 70.8. The van der Waals surface area contributed by atoms with Gasteiger partial charge in [-0.15, -0.1) is 0 Å². The average molecular weight is 1730 g/mol. The van der Waals surface area contributed by atoms with E-state index in [0.717, 1.165) is 57.9 Å². The van der Waals surface area contributed by atoms with Crippen molar-refractivity contribution in [3.63, 3.8) is 0 Å². The predicted octanol–water partition coefficient (Wildman–Crippen LogP) is 22.9. The molecule has 20 heteroatoms. The van der Waals surface area contributed by atoms with Crippen molar-refractivity contribution in [3.8, 4) is 23.0 Å². The van der Waals surface area contributed by atoms with E-state index in [1.165, 1.54) is 80.0 Å². The number of rotatable bonds is 28. The molecular weight excluding hydrogens is 1630 g/mol. The number of hydrogen-bond donors (Lipinski definition) is 1. The van der Waals surface area contributed by atoms with Gasteiger partial charge in [0.2, 0.25) is 5.78 Å². The number of carbonyl (C=O) groups excluding carboxylic acids is 4. The summed E-state index contributed by atoms with van der Waals surface area (Å²) >= 11 is 0. The molecule has 0 aromatic heterocycles. The third kappa shape index (κ3) is 26.9. The van der Waals surface area contributed by atoms with Gasteiger partial charge < -0.3 is 38.3 Å². The van der Waals surface area contributed by atoms with Crippen molar-refractivity contribution in [3.05, 3.63) is 367 Å². The second-order valence-corrected chi connectivity index (χ2v) is 37.2. The van der Waals surface area contributed by atoms with E-state index in [9.17, 15) is 45.1 Å². The molecule has 124 heavy (non-hydrogen) atoms. The van der Waals surface area contributed by atoms with E-state index < -0.39 is 26.2 Å². The van der Waals surface area contributed by atoms with Crippen LogP contribution in [0.2, 0.25) is 0 Å². The molecule has 0 saturated carbocycles. The van der Waals surface area contributed by atoms with Crippen LogP contribution in [0.5, 0.6) is 23.0 Å². The van der Waals surface area contributed by atoms with Gasteiger partial charge in [-0.25, -0.2) is 21.6 Å². The first kappa shape index (κ1) is 92.6. The Morgan fingerprint density at radius 1 is 0.444 bits per heavy atom. The summed E-state index contributed by atoms with van der Waals surface area (Å²) in [6.45, 7) is 14.7. The Morgan fingerprint density at radius 2 is 0.952 bits per heavy atom. The molecule has 0 aliphatic carbocycles. The van der Waals surface area contributed by atoms with Crippen LogP contribution in [-0.2, 0) is 63.0 Å². The first-order valence-corrected chi connectivity index (χ1v) is 47.3. The van der Waals surface area contributed by atoms with Gasteiger partial charge in [0.05, 0.1) is 32.9 Å². The Bertz CT molecular complexity index is 5990. The van der Waals surface area contributed by atoms with Crippen LogP contribution in [0.4, 0.5) is 11.4 Å². The van der Waals surface area contributed by atoms with Crippen molar-refractivity contribution < 1.29 is 64.1 Å². The summed E-state index contributed by atoms with van der Waals surface area (Å²) in [6, 6.07) is 105. The summed E-state index contributed by atoms with van der Waals surface area (Å²) in [6.07, 6.45) is 5.74. The lowest BCUT2D eigenvalue weighted by Gasteiger charge is -2.25. The summed E-state index contributed by atoms with van der Waals surface area (Å²) in [5, 5.41) is 6.92. The van der Waals surface area contributed by atoms with Crippen molar-refractivity contribution in [1.29, 1.82) is 0 Å². The average Bonchev–Trinajstić information content (AvgIpc) is 0.777. The third-order valence-corrected chi connectivity index (χ3v) is 27.7. The van der Waals surface area contributed by atoms with E-state index in [1.807, 2.05) is 140 Å². The van der Waals surface area contributed by atoms with E-state index in [1.54, 1.807) is 65.6 Å². The van der Waals surface area contributed by atoms with Crippen molar-refractivity contribution in [2.24, 2.45) is 0 Å². The Hall–Kier alpha value is -12.1. The molecule has 16 nitrogen and oxygen atoms in total. The molecule has 14 aromatic rings. The number of aryl methyl sites for hydroxylation is 1. The summed E-state index contributed by atoms with van der Waals surface area (Å²) in [4.78, 5) is 54.8. The molecule has 1 N–H and O–H groups in total. The molecule has 0 spiro atoms. The SMILES string of the molecule is CCC(C)c1ccc(OCC(=O)N(Cc2ccccc2)c2cccc3c(S(=O)(=O)[O-])cccc23)cc1.CCC(C)c1cccc(OC(=O)COc2cccc3c(C)cccc23)c1.CCC(C)c1cccc(OCC(=O)Nc2ccc3ccc(S(=O)(=O)[O-])cc3c2)c1.O=C(C[S+]1CCCC1)c1ccccc1.c1ccc([S+](c2ccccc2)c2ccccc2)cc1. The minimum Gasteiger partial charge on any atom is -0.744 e. The third-order valence-electron chi connectivity index (χ3n) is 21.3. The monoisotopic (exact) mass is 1730 g/mol.